The average molecular weight is 278 g/mol. The van der Waals surface area contributed by atoms with Gasteiger partial charge in [0, 0.05) is 30.9 Å². The molecule has 0 spiro atoms. The van der Waals surface area contributed by atoms with Gasteiger partial charge in [-0.05, 0) is 46.6 Å². The standard InChI is InChI=1S/C16H26N2O2/c1-6-10-17-14(7-2)13-8-11-18(12-9-13)15(19)20-16(3,4)5/h6-7,10,13H,2,8-9,11-12H2,1,3-5H3/b10-6+,17-14-. The molecule has 1 aliphatic heterocycles. The Balaban J connectivity index is 2.55. The van der Waals surface area contributed by atoms with Crippen LogP contribution in [0.4, 0.5) is 4.79 Å². The van der Waals surface area contributed by atoms with Crippen molar-refractivity contribution in [2.24, 2.45) is 10.9 Å². The molecule has 0 atom stereocenters. The molecule has 1 saturated heterocycles. The topological polar surface area (TPSA) is 41.9 Å². The van der Waals surface area contributed by atoms with Gasteiger partial charge in [-0.2, -0.15) is 0 Å². The van der Waals surface area contributed by atoms with E-state index in [1.165, 1.54) is 0 Å². The number of rotatable bonds is 3. The Morgan fingerprint density at radius 2 is 1.95 bits per heavy atom. The molecule has 1 aliphatic rings. The SMILES string of the molecule is C=C/C(=N/C=C/C)C1CCN(C(=O)OC(C)(C)C)CC1. The van der Waals surface area contributed by atoms with Gasteiger partial charge in [-0.25, -0.2) is 4.79 Å². The number of likely N-dealkylation sites (tertiary alicyclic amines) is 1. The normalized spacial score (nSPS) is 18.4. The van der Waals surface area contributed by atoms with Gasteiger partial charge in [-0.15, -0.1) is 0 Å². The van der Waals surface area contributed by atoms with E-state index in [-0.39, 0.29) is 6.09 Å². The molecule has 0 unspecified atom stereocenters. The van der Waals surface area contributed by atoms with Crippen LogP contribution in [0.25, 0.3) is 0 Å². The van der Waals surface area contributed by atoms with E-state index < -0.39 is 5.60 Å². The Morgan fingerprint density at radius 3 is 2.40 bits per heavy atom. The Kier molecular flexibility index (Phi) is 5.99. The highest BCUT2D eigenvalue weighted by Crippen LogP contribution is 2.21. The summed E-state index contributed by atoms with van der Waals surface area (Å²) < 4.78 is 5.39. The molecule has 4 nitrogen and oxygen atoms in total. The molecule has 0 bridgehead atoms. The molecule has 4 heteroatoms. The van der Waals surface area contributed by atoms with E-state index in [4.69, 9.17) is 4.74 Å². The van der Waals surface area contributed by atoms with Gasteiger partial charge in [-0.1, -0.05) is 12.7 Å². The molecule has 0 aromatic rings. The fourth-order valence-corrected chi connectivity index (χ4v) is 2.17. The van der Waals surface area contributed by atoms with Crippen LogP contribution >= 0.6 is 0 Å². The summed E-state index contributed by atoms with van der Waals surface area (Å²) in [6.45, 7) is 12.8. The van der Waals surface area contributed by atoms with Crippen molar-refractivity contribution in [3.05, 3.63) is 24.9 Å². The van der Waals surface area contributed by atoms with Gasteiger partial charge in [0.15, 0.2) is 0 Å². The zero-order valence-electron chi connectivity index (χ0n) is 13.1. The first-order valence-corrected chi connectivity index (χ1v) is 7.16. The maximum absolute atomic E-state index is 12.0. The molecule has 20 heavy (non-hydrogen) atoms. The van der Waals surface area contributed by atoms with Crippen molar-refractivity contribution in [1.29, 1.82) is 0 Å². The zero-order valence-corrected chi connectivity index (χ0v) is 13.1. The summed E-state index contributed by atoms with van der Waals surface area (Å²) in [6, 6.07) is 0. The summed E-state index contributed by atoms with van der Waals surface area (Å²) in [5, 5.41) is 0. The van der Waals surface area contributed by atoms with Crippen LogP contribution in [0.2, 0.25) is 0 Å². The predicted octanol–water partition coefficient (Wildman–Crippen LogP) is 3.79. The zero-order chi connectivity index (χ0) is 15.2. The third-order valence-electron chi connectivity index (χ3n) is 3.15. The summed E-state index contributed by atoms with van der Waals surface area (Å²) in [7, 11) is 0. The summed E-state index contributed by atoms with van der Waals surface area (Å²) in [5.41, 5.74) is 0.570. The summed E-state index contributed by atoms with van der Waals surface area (Å²) in [4.78, 5) is 18.1. The first-order valence-electron chi connectivity index (χ1n) is 7.16. The number of allylic oxidation sites excluding steroid dienone is 2. The second-order valence-electron chi connectivity index (χ2n) is 5.98. The van der Waals surface area contributed by atoms with Gasteiger partial charge in [0.1, 0.15) is 5.60 Å². The fourth-order valence-electron chi connectivity index (χ4n) is 2.17. The molecular weight excluding hydrogens is 252 g/mol. The molecule has 1 amide bonds. The lowest BCUT2D eigenvalue weighted by molar-refractivity contribution is 0.0202. The van der Waals surface area contributed by atoms with Crippen molar-refractivity contribution in [3.63, 3.8) is 0 Å². The van der Waals surface area contributed by atoms with E-state index in [9.17, 15) is 4.79 Å². The fraction of sp³-hybridized carbons (Fsp3) is 0.625. The van der Waals surface area contributed by atoms with Gasteiger partial charge < -0.3 is 9.64 Å². The highest BCUT2D eigenvalue weighted by molar-refractivity contribution is 5.97. The summed E-state index contributed by atoms with van der Waals surface area (Å²) in [6.07, 6.45) is 7.09. The van der Waals surface area contributed by atoms with Crippen LogP contribution < -0.4 is 0 Å². The smallest absolute Gasteiger partial charge is 0.410 e. The molecular formula is C16H26N2O2. The lowest BCUT2D eigenvalue weighted by atomic mass is 9.92. The minimum absolute atomic E-state index is 0.221. The maximum Gasteiger partial charge on any atom is 0.410 e. The first-order chi connectivity index (χ1) is 9.37. The molecule has 112 valence electrons. The van der Waals surface area contributed by atoms with Crippen LogP contribution in [-0.4, -0.2) is 35.4 Å². The van der Waals surface area contributed by atoms with Crippen molar-refractivity contribution in [1.82, 2.24) is 4.90 Å². The van der Waals surface area contributed by atoms with Crippen LogP contribution in [0.15, 0.2) is 29.9 Å². The van der Waals surface area contributed by atoms with Crippen LogP contribution in [0.1, 0.15) is 40.5 Å². The molecule has 0 aromatic heterocycles. The van der Waals surface area contributed by atoms with Gasteiger partial charge in [0.25, 0.3) is 0 Å². The van der Waals surface area contributed by atoms with E-state index in [2.05, 4.69) is 11.6 Å². The molecule has 1 rings (SSSR count). The van der Waals surface area contributed by atoms with Crippen molar-refractivity contribution in [3.8, 4) is 0 Å². The number of carbonyl (C=O) groups is 1. The van der Waals surface area contributed by atoms with E-state index in [1.807, 2.05) is 39.8 Å². The van der Waals surface area contributed by atoms with Crippen molar-refractivity contribution >= 4 is 11.8 Å². The number of nitrogens with zero attached hydrogens (tertiary/aromatic N) is 2. The van der Waals surface area contributed by atoms with Crippen LogP contribution in [0.3, 0.4) is 0 Å². The number of carbonyl (C=O) groups excluding carboxylic acids is 1. The van der Waals surface area contributed by atoms with Crippen LogP contribution in [0, 0.1) is 5.92 Å². The third-order valence-corrected chi connectivity index (χ3v) is 3.15. The minimum Gasteiger partial charge on any atom is -0.444 e. The second kappa shape index (κ2) is 7.27. The van der Waals surface area contributed by atoms with E-state index in [0.29, 0.717) is 19.0 Å². The Hall–Kier alpha value is -1.58. The van der Waals surface area contributed by atoms with Gasteiger partial charge in [0.2, 0.25) is 0 Å². The average Bonchev–Trinajstić information content (AvgIpc) is 2.38. The van der Waals surface area contributed by atoms with E-state index in [1.54, 1.807) is 11.1 Å². The predicted molar refractivity (Wildman–Crippen MR) is 83.0 cm³/mol. The lowest BCUT2D eigenvalue weighted by Crippen LogP contribution is -2.42. The van der Waals surface area contributed by atoms with Crippen LogP contribution in [-0.2, 0) is 4.74 Å². The van der Waals surface area contributed by atoms with E-state index in [0.717, 1.165) is 18.6 Å². The number of hydrogen-bond donors (Lipinski definition) is 0. The summed E-state index contributed by atoms with van der Waals surface area (Å²) >= 11 is 0. The number of piperidine rings is 1. The number of aliphatic imine (C=N–C) groups is 1. The first kappa shape index (κ1) is 16.5. The molecule has 0 saturated carbocycles. The Labute approximate surface area is 122 Å². The quantitative estimate of drug-likeness (QED) is 0.737. The molecule has 0 aliphatic carbocycles. The molecule has 1 heterocycles. The second-order valence-corrected chi connectivity index (χ2v) is 5.98. The van der Waals surface area contributed by atoms with Crippen molar-refractivity contribution in [2.45, 2.75) is 46.1 Å². The largest absolute Gasteiger partial charge is 0.444 e. The van der Waals surface area contributed by atoms with Crippen LogP contribution in [0.5, 0.6) is 0 Å². The van der Waals surface area contributed by atoms with Gasteiger partial charge >= 0.3 is 6.09 Å². The summed E-state index contributed by atoms with van der Waals surface area (Å²) in [5.74, 6) is 0.377. The number of amides is 1. The monoisotopic (exact) mass is 278 g/mol. The van der Waals surface area contributed by atoms with Gasteiger partial charge in [-0.3, -0.25) is 4.99 Å². The molecule has 1 fully saturated rings. The van der Waals surface area contributed by atoms with E-state index >= 15 is 0 Å². The maximum atomic E-state index is 12.0. The van der Waals surface area contributed by atoms with Crippen molar-refractivity contribution < 1.29 is 9.53 Å². The lowest BCUT2D eigenvalue weighted by Gasteiger charge is -2.33. The van der Waals surface area contributed by atoms with Crippen molar-refractivity contribution in [2.75, 3.05) is 13.1 Å². The third kappa shape index (κ3) is 5.19. The van der Waals surface area contributed by atoms with Gasteiger partial charge in [0.05, 0.1) is 0 Å². The minimum atomic E-state index is -0.437. The highest BCUT2D eigenvalue weighted by atomic mass is 16.6. The highest BCUT2D eigenvalue weighted by Gasteiger charge is 2.28. The number of hydrogen-bond acceptors (Lipinski definition) is 3. The Morgan fingerprint density at radius 1 is 1.35 bits per heavy atom. The molecule has 0 aromatic carbocycles. The number of ether oxygens (including phenoxy) is 1. The molecule has 0 N–H and O–H groups in total. The molecule has 0 radical (unpaired) electrons. The Bertz CT molecular complexity index is 397.